The molecule has 1 aromatic heterocycles. The molecule has 134 valence electrons. The molecule has 0 spiro atoms. The number of methoxy groups -OCH3 is 1. The number of hydrogen-bond acceptors (Lipinski definition) is 6. The Kier molecular flexibility index (Phi) is 4.20. The SMILES string of the molecule is COc1cc(-c2nc(-c3ccc(N4CCCC4)cc3)no2)cc(F)c1O. The van der Waals surface area contributed by atoms with Crippen LogP contribution in [0.25, 0.3) is 22.8 Å². The summed E-state index contributed by atoms with van der Waals surface area (Å²) >= 11 is 0. The highest BCUT2D eigenvalue weighted by atomic mass is 19.1. The van der Waals surface area contributed by atoms with Gasteiger partial charge in [0, 0.05) is 29.9 Å². The number of benzene rings is 2. The van der Waals surface area contributed by atoms with Crippen LogP contribution in [0.2, 0.25) is 0 Å². The lowest BCUT2D eigenvalue weighted by Gasteiger charge is -2.17. The molecule has 0 amide bonds. The van der Waals surface area contributed by atoms with Gasteiger partial charge in [0.1, 0.15) is 0 Å². The van der Waals surface area contributed by atoms with Crippen molar-refractivity contribution in [3.63, 3.8) is 0 Å². The van der Waals surface area contributed by atoms with Crippen molar-refractivity contribution in [3.8, 4) is 34.3 Å². The summed E-state index contributed by atoms with van der Waals surface area (Å²) in [6.45, 7) is 2.17. The molecule has 3 aromatic rings. The van der Waals surface area contributed by atoms with Gasteiger partial charge in [-0.25, -0.2) is 4.39 Å². The van der Waals surface area contributed by atoms with Crippen molar-refractivity contribution in [1.29, 1.82) is 0 Å². The fourth-order valence-electron chi connectivity index (χ4n) is 3.11. The van der Waals surface area contributed by atoms with E-state index in [0.29, 0.717) is 11.4 Å². The highest BCUT2D eigenvalue weighted by Crippen LogP contribution is 2.34. The predicted octanol–water partition coefficient (Wildman–Crippen LogP) is 3.86. The van der Waals surface area contributed by atoms with E-state index in [1.807, 2.05) is 24.3 Å². The van der Waals surface area contributed by atoms with Gasteiger partial charge in [-0.15, -0.1) is 0 Å². The van der Waals surface area contributed by atoms with Gasteiger partial charge < -0.3 is 19.3 Å². The Labute approximate surface area is 149 Å². The number of phenols is 1. The zero-order chi connectivity index (χ0) is 18.1. The van der Waals surface area contributed by atoms with E-state index in [-0.39, 0.29) is 11.6 Å². The Bertz CT molecular complexity index is 918. The lowest BCUT2D eigenvalue weighted by atomic mass is 10.1. The number of nitrogens with zero attached hydrogens (tertiary/aromatic N) is 3. The molecular weight excluding hydrogens is 337 g/mol. The second-order valence-electron chi connectivity index (χ2n) is 6.17. The third-order valence-corrected chi connectivity index (χ3v) is 4.52. The minimum atomic E-state index is -0.811. The summed E-state index contributed by atoms with van der Waals surface area (Å²) in [4.78, 5) is 6.67. The van der Waals surface area contributed by atoms with Crippen LogP contribution in [-0.2, 0) is 0 Å². The van der Waals surface area contributed by atoms with Crippen LogP contribution in [-0.4, -0.2) is 35.4 Å². The fourth-order valence-corrected chi connectivity index (χ4v) is 3.11. The normalized spacial score (nSPS) is 14.0. The van der Waals surface area contributed by atoms with E-state index in [1.165, 1.54) is 31.7 Å². The van der Waals surface area contributed by atoms with Crippen molar-refractivity contribution in [2.45, 2.75) is 12.8 Å². The molecule has 26 heavy (non-hydrogen) atoms. The molecule has 0 unspecified atom stereocenters. The van der Waals surface area contributed by atoms with Gasteiger partial charge in [-0.05, 0) is 49.2 Å². The standard InChI is InChI=1S/C19H18FN3O3/c1-25-16-11-13(10-15(20)17(16)24)19-21-18(22-26-19)12-4-6-14(7-5-12)23-8-2-3-9-23/h4-7,10-11,24H,2-3,8-9H2,1H3. The molecule has 6 nitrogen and oxygen atoms in total. The van der Waals surface area contributed by atoms with Crippen LogP contribution < -0.4 is 9.64 Å². The maximum atomic E-state index is 13.8. The number of ether oxygens (including phenoxy) is 1. The van der Waals surface area contributed by atoms with E-state index in [9.17, 15) is 9.50 Å². The van der Waals surface area contributed by atoms with Gasteiger partial charge in [0.2, 0.25) is 5.82 Å². The number of phenolic OH excluding ortho intramolecular Hbond substituents is 1. The van der Waals surface area contributed by atoms with Gasteiger partial charge in [-0.2, -0.15) is 4.98 Å². The number of hydrogen-bond donors (Lipinski definition) is 1. The lowest BCUT2D eigenvalue weighted by Crippen LogP contribution is -2.17. The first-order valence-electron chi connectivity index (χ1n) is 8.41. The third kappa shape index (κ3) is 2.96. The summed E-state index contributed by atoms with van der Waals surface area (Å²) in [5, 5.41) is 13.6. The smallest absolute Gasteiger partial charge is 0.258 e. The van der Waals surface area contributed by atoms with Crippen LogP contribution in [0.5, 0.6) is 11.5 Å². The first kappa shape index (κ1) is 16.4. The van der Waals surface area contributed by atoms with E-state index in [2.05, 4.69) is 15.0 Å². The first-order valence-corrected chi connectivity index (χ1v) is 8.41. The first-order chi connectivity index (χ1) is 12.7. The van der Waals surface area contributed by atoms with Gasteiger partial charge in [0.25, 0.3) is 5.89 Å². The summed E-state index contributed by atoms with van der Waals surface area (Å²) in [5.41, 5.74) is 2.33. The Morgan fingerprint density at radius 2 is 1.85 bits per heavy atom. The van der Waals surface area contributed by atoms with Crippen molar-refractivity contribution < 1.29 is 18.8 Å². The number of aromatic hydroxyl groups is 1. The average molecular weight is 355 g/mol. The topological polar surface area (TPSA) is 71.6 Å². The molecule has 0 radical (unpaired) electrons. The Balaban J connectivity index is 1.61. The molecule has 4 rings (SSSR count). The Morgan fingerprint density at radius 1 is 1.12 bits per heavy atom. The molecule has 1 aliphatic heterocycles. The highest BCUT2D eigenvalue weighted by Gasteiger charge is 2.17. The minimum absolute atomic E-state index is 0.00900. The molecule has 7 heteroatoms. The monoisotopic (exact) mass is 355 g/mol. The van der Waals surface area contributed by atoms with Crippen LogP contribution in [0, 0.1) is 5.82 Å². The summed E-state index contributed by atoms with van der Waals surface area (Å²) in [6, 6.07) is 10.6. The molecule has 1 aliphatic rings. The maximum Gasteiger partial charge on any atom is 0.258 e. The van der Waals surface area contributed by atoms with E-state index < -0.39 is 11.6 Å². The van der Waals surface area contributed by atoms with Gasteiger partial charge in [0.05, 0.1) is 7.11 Å². The van der Waals surface area contributed by atoms with E-state index in [0.717, 1.165) is 24.7 Å². The highest BCUT2D eigenvalue weighted by molar-refractivity contribution is 5.64. The average Bonchev–Trinajstić information content (AvgIpc) is 3.36. The van der Waals surface area contributed by atoms with E-state index in [4.69, 9.17) is 9.26 Å². The Morgan fingerprint density at radius 3 is 2.54 bits per heavy atom. The maximum absolute atomic E-state index is 13.8. The molecule has 0 saturated carbocycles. The second kappa shape index (κ2) is 6.67. The van der Waals surface area contributed by atoms with Crippen molar-refractivity contribution in [2.75, 3.05) is 25.1 Å². The largest absolute Gasteiger partial charge is 0.502 e. The number of rotatable bonds is 4. The van der Waals surface area contributed by atoms with Crippen molar-refractivity contribution in [2.24, 2.45) is 0 Å². The van der Waals surface area contributed by atoms with Crippen LogP contribution in [0.4, 0.5) is 10.1 Å². The molecule has 2 aromatic carbocycles. The molecule has 2 heterocycles. The zero-order valence-electron chi connectivity index (χ0n) is 14.3. The molecule has 1 saturated heterocycles. The van der Waals surface area contributed by atoms with Crippen LogP contribution in [0.15, 0.2) is 40.9 Å². The molecule has 0 atom stereocenters. The quantitative estimate of drug-likeness (QED) is 0.766. The summed E-state index contributed by atoms with van der Waals surface area (Å²) in [7, 11) is 1.35. The number of halogens is 1. The van der Waals surface area contributed by atoms with Gasteiger partial charge in [0.15, 0.2) is 17.3 Å². The lowest BCUT2D eigenvalue weighted by molar-refractivity contribution is 0.357. The molecule has 1 N–H and O–H groups in total. The summed E-state index contributed by atoms with van der Waals surface area (Å²) in [6.07, 6.45) is 2.45. The zero-order valence-corrected chi connectivity index (χ0v) is 14.3. The van der Waals surface area contributed by atoms with Crippen molar-refractivity contribution in [3.05, 3.63) is 42.2 Å². The summed E-state index contributed by atoms with van der Waals surface area (Å²) < 4.78 is 24.0. The van der Waals surface area contributed by atoms with E-state index >= 15 is 0 Å². The second-order valence-corrected chi connectivity index (χ2v) is 6.17. The molecular formula is C19H18FN3O3. The van der Waals surface area contributed by atoms with Gasteiger partial charge in [-0.1, -0.05) is 5.16 Å². The molecule has 1 fully saturated rings. The number of aromatic nitrogens is 2. The Hall–Kier alpha value is -3.09. The summed E-state index contributed by atoms with van der Waals surface area (Å²) in [5.74, 6) is -0.779. The third-order valence-electron chi connectivity index (χ3n) is 4.52. The van der Waals surface area contributed by atoms with Gasteiger partial charge >= 0.3 is 0 Å². The predicted molar refractivity (Wildman–Crippen MR) is 94.8 cm³/mol. The van der Waals surface area contributed by atoms with Crippen LogP contribution in [0.1, 0.15) is 12.8 Å². The van der Waals surface area contributed by atoms with E-state index in [1.54, 1.807) is 0 Å². The molecule has 0 bridgehead atoms. The minimum Gasteiger partial charge on any atom is -0.502 e. The van der Waals surface area contributed by atoms with Crippen molar-refractivity contribution >= 4 is 5.69 Å². The van der Waals surface area contributed by atoms with Crippen LogP contribution >= 0.6 is 0 Å². The fraction of sp³-hybridized carbons (Fsp3) is 0.263. The number of anilines is 1. The molecule has 0 aliphatic carbocycles. The van der Waals surface area contributed by atoms with Crippen molar-refractivity contribution in [1.82, 2.24) is 10.1 Å². The van der Waals surface area contributed by atoms with Crippen LogP contribution in [0.3, 0.4) is 0 Å². The van der Waals surface area contributed by atoms with Gasteiger partial charge in [-0.3, -0.25) is 0 Å².